The molecule has 100 valence electrons. The van der Waals surface area contributed by atoms with Gasteiger partial charge in [-0.2, -0.15) is 0 Å². The Morgan fingerprint density at radius 2 is 2.21 bits per heavy atom. The Bertz CT molecular complexity index is 577. The maximum absolute atomic E-state index is 12.9. The van der Waals surface area contributed by atoms with Crippen LogP contribution in [0.3, 0.4) is 0 Å². The normalized spacial score (nSPS) is 12.2. The molecule has 0 aliphatic rings. The minimum Gasteiger partial charge on any atom is -0.495 e. The SMILES string of the molecule is COc1cccnc1C(O)Cc1ccc(F)cc1Cl. The third-order valence-electron chi connectivity index (χ3n) is 2.76. The maximum atomic E-state index is 12.9. The molecular formula is C14H13ClFNO2. The maximum Gasteiger partial charge on any atom is 0.143 e. The molecule has 3 nitrogen and oxygen atoms in total. The number of rotatable bonds is 4. The van der Waals surface area contributed by atoms with E-state index in [2.05, 4.69) is 4.98 Å². The molecule has 1 N–H and O–H groups in total. The fraction of sp³-hybridized carbons (Fsp3) is 0.214. The monoisotopic (exact) mass is 281 g/mol. The molecule has 1 aromatic carbocycles. The number of hydrogen-bond acceptors (Lipinski definition) is 3. The number of benzene rings is 1. The quantitative estimate of drug-likeness (QED) is 0.936. The largest absolute Gasteiger partial charge is 0.495 e. The van der Waals surface area contributed by atoms with Crippen LogP contribution in [0.15, 0.2) is 36.5 Å². The zero-order valence-corrected chi connectivity index (χ0v) is 11.1. The summed E-state index contributed by atoms with van der Waals surface area (Å²) in [6, 6.07) is 7.52. The summed E-state index contributed by atoms with van der Waals surface area (Å²) in [5.41, 5.74) is 1.09. The van der Waals surface area contributed by atoms with Crippen LogP contribution in [0.2, 0.25) is 5.02 Å². The summed E-state index contributed by atoms with van der Waals surface area (Å²) in [4.78, 5) is 4.10. The van der Waals surface area contributed by atoms with E-state index in [1.165, 1.54) is 19.2 Å². The molecule has 0 radical (unpaired) electrons. The van der Waals surface area contributed by atoms with Gasteiger partial charge < -0.3 is 9.84 Å². The lowest BCUT2D eigenvalue weighted by Gasteiger charge is -2.14. The van der Waals surface area contributed by atoms with Crippen LogP contribution in [0.1, 0.15) is 17.4 Å². The van der Waals surface area contributed by atoms with Crippen molar-refractivity contribution in [3.63, 3.8) is 0 Å². The van der Waals surface area contributed by atoms with Crippen LogP contribution in [0.5, 0.6) is 5.75 Å². The molecule has 0 saturated heterocycles. The average molecular weight is 282 g/mol. The summed E-state index contributed by atoms with van der Waals surface area (Å²) < 4.78 is 18.1. The Labute approximate surface area is 115 Å². The number of aliphatic hydroxyl groups is 1. The van der Waals surface area contributed by atoms with Crippen molar-refractivity contribution >= 4 is 11.6 Å². The number of halogens is 2. The van der Waals surface area contributed by atoms with Crippen molar-refractivity contribution in [3.05, 3.63) is 58.6 Å². The Kier molecular flexibility index (Phi) is 4.35. The Hall–Kier alpha value is -1.65. The zero-order chi connectivity index (χ0) is 13.8. The molecule has 0 amide bonds. The molecule has 1 unspecified atom stereocenters. The first-order valence-corrected chi connectivity index (χ1v) is 6.10. The van der Waals surface area contributed by atoms with Gasteiger partial charge in [-0.3, -0.25) is 4.98 Å². The molecule has 0 bridgehead atoms. The van der Waals surface area contributed by atoms with Crippen molar-refractivity contribution in [2.24, 2.45) is 0 Å². The zero-order valence-electron chi connectivity index (χ0n) is 10.3. The van der Waals surface area contributed by atoms with Crippen molar-refractivity contribution in [2.45, 2.75) is 12.5 Å². The Balaban J connectivity index is 2.23. The van der Waals surface area contributed by atoms with Crippen LogP contribution in [-0.2, 0) is 6.42 Å². The highest BCUT2D eigenvalue weighted by atomic mass is 35.5. The summed E-state index contributed by atoms with van der Waals surface area (Å²) in [6.07, 6.45) is 0.957. The van der Waals surface area contributed by atoms with Gasteiger partial charge in [0.05, 0.1) is 7.11 Å². The lowest BCUT2D eigenvalue weighted by Crippen LogP contribution is -2.06. The predicted molar refractivity (Wildman–Crippen MR) is 70.9 cm³/mol. The van der Waals surface area contributed by atoms with Gasteiger partial charge in [0.15, 0.2) is 0 Å². The second-order valence-corrected chi connectivity index (χ2v) is 4.45. The predicted octanol–water partition coefficient (Wildman–Crippen LogP) is 3.16. The van der Waals surface area contributed by atoms with E-state index in [1.807, 2.05) is 0 Å². The summed E-state index contributed by atoms with van der Waals surface area (Å²) in [7, 11) is 1.51. The highest BCUT2D eigenvalue weighted by Gasteiger charge is 2.16. The number of aromatic nitrogens is 1. The number of methoxy groups -OCH3 is 1. The van der Waals surface area contributed by atoms with Gasteiger partial charge in [0.1, 0.15) is 23.4 Å². The third kappa shape index (κ3) is 3.22. The van der Waals surface area contributed by atoms with Crippen molar-refractivity contribution in [3.8, 4) is 5.75 Å². The van der Waals surface area contributed by atoms with Gasteiger partial charge in [0.25, 0.3) is 0 Å². The van der Waals surface area contributed by atoms with Crippen molar-refractivity contribution in [2.75, 3.05) is 7.11 Å². The smallest absolute Gasteiger partial charge is 0.143 e. The first kappa shape index (κ1) is 13.8. The van der Waals surface area contributed by atoms with Crippen LogP contribution in [-0.4, -0.2) is 17.2 Å². The van der Waals surface area contributed by atoms with Gasteiger partial charge in [-0.15, -0.1) is 0 Å². The molecule has 2 rings (SSSR count). The third-order valence-corrected chi connectivity index (χ3v) is 3.12. The first-order chi connectivity index (χ1) is 9.11. The summed E-state index contributed by atoms with van der Waals surface area (Å²) in [5.74, 6) is 0.104. The molecule has 0 aliphatic carbocycles. The van der Waals surface area contributed by atoms with Crippen LogP contribution in [0.25, 0.3) is 0 Å². The van der Waals surface area contributed by atoms with Gasteiger partial charge in [-0.25, -0.2) is 4.39 Å². The van der Waals surface area contributed by atoms with E-state index in [9.17, 15) is 9.50 Å². The summed E-state index contributed by atoms with van der Waals surface area (Å²) in [5, 5.41) is 10.5. The van der Waals surface area contributed by atoms with E-state index in [0.717, 1.165) is 0 Å². The van der Waals surface area contributed by atoms with E-state index in [4.69, 9.17) is 16.3 Å². The molecule has 0 saturated carbocycles. The second kappa shape index (κ2) is 5.99. The Morgan fingerprint density at radius 1 is 1.42 bits per heavy atom. The molecule has 5 heteroatoms. The molecular weight excluding hydrogens is 269 g/mol. The highest BCUT2D eigenvalue weighted by molar-refractivity contribution is 6.31. The minimum atomic E-state index is -0.862. The van der Waals surface area contributed by atoms with Gasteiger partial charge in [0.2, 0.25) is 0 Å². The van der Waals surface area contributed by atoms with E-state index < -0.39 is 11.9 Å². The molecule has 0 spiro atoms. The molecule has 2 aromatic rings. The van der Waals surface area contributed by atoms with Gasteiger partial charge in [-0.1, -0.05) is 17.7 Å². The summed E-state index contributed by atoms with van der Waals surface area (Å²) in [6.45, 7) is 0. The molecule has 0 aliphatic heterocycles. The number of pyridine rings is 1. The molecule has 19 heavy (non-hydrogen) atoms. The lowest BCUT2D eigenvalue weighted by molar-refractivity contribution is 0.169. The van der Waals surface area contributed by atoms with E-state index >= 15 is 0 Å². The number of nitrogens with zero attached hydrogens (tertiary/aromatic N) is 1. The fourth-order valence-corrected chi connectivity index (χ4v) is 2.06. The lowest BCUT2D eigenvalue weighted by atomic mass is 10.0. The second-order valence-electron chi connectivity index (χ2n) is 4.05. The highest BCUT2D eigenvalue weighted by Crippen LogP contribution is 2.27. The molecule has 1 heterocycles. The van der Waals surface area contributed by atoms with Gasteiger partial charge >= 0.3 is 0 Å². The number of ether oxygens (including phenoxy) is 1. The van der Waals surface area contributed by atoms with Crippen molar-refractivity contribution < 1.29 is 14.2 Å². The minimum absolute atomic E-state index is 0.243. The van der Waals surface area contributed by atoms with Crippen molar-refractivity contribution in [1.82, 2.24) is 4.98 Å². The van der Waals surface area contributed by atoms with Crippen molar-refractivity contribution in [1.29, 1.82) is 0 Å². The first-order valence-electron chi connectivity index (χ1n) is 5.72. The number of aliphatic hydroxyl groups excluding tert-OH is 1. The summed E-state index contributed by atoms with van der Waals surface area (Å²) >= 11 is 5.93. The number of hydrogen-bond donors (Lipinski definition) is 1. The van der Waals surface area contributed by atoms with Crippen LogP contribution in [0.4, 0.5) is 4.39 Å². The standard InChI is InChI=1S/C14H13ClFNO2/c1-19-13-3-2-6-17-14(13)12(18)7-9-4-5-10(16)8-11(9)15/h2-6,8,12,18H,7H2,1H3. The van der Waals surface area contributed by atoms with E-state index in [1.54, 1.807) is 24.4 Å². The molecule has 1 aromatic heterocycles. The average Bonchev–Trinajstić information content (AvgIpc) is 2.41. The molecule has 1 atom stereocenters. The van der Waals surface area contributed by atoms with Crippen LogP contribution >= 0.6 is 11.6 Å². The fourth-order valence-electron chi connectivity index (χ4n) is 1.82. The topological polar surface area (TPSA) is 42.4 Å². The molecule has 0 fully saturated rings. The van der Waals surface area contributed by atoms with Gasteiger partial charge in [0, 0.05) is 17.6 Å². The van der Waals surface area contributed by atoms with Crippen LogP contribution < -0.4 is 4.74 Å². The van der Waals surface area contributed by atoms with E-state index in [0.29, 0.717) is 17.0 Å². The van der Waals surface area contributed by atoms with Gasteiger partial charge in [-0.05, 0) is 29.8 Å². The van der Waals surface area contributed by atoms with E-state index in [-0.39, 0.29) is 11.4 Å². The Morgan fingerprint density at radius 3 is 2.89 bits per heavy atom. The van der Waals surface area contributed by atoms with Crippen LogP contribution in [0, 0.1) is 5.82 Å².